The van der Waals surface area contributed by atoms with E-state index in [2.05, 4.69) is 19.6 Å². The molecule has 3 heteroatoms. The van der Waals surface area contributed by atoms with Crippen LogP contribution in [0.3, 0.4) is 0 Å². The third kappa shape index (κ3) is 4.46. The molecule has 1 heterocycles. The van der Waals surface area contributed by atoms with Gasteiger partial charge in [0, 0.05) is 11.3 Å². The van der Waals surface area contributed by atoms with Gasteiger partial charge in [-0.2, -0.15) is 5.26 Å². The number of hydrogen-bond acceptors (Lipinski definition) is 2. The van der Waals surface area contributed by atoms with Gasteiger partial charge in [0.05, 0.1) is 17.3 Å². The minimum Gasteiger partial charge on any atom is -0.252 e. The van der Waals surface area contributed by atoms with E-state index in [9.17, 15) is 9.65 Å². The van der Waals surface area contributed by atoms with Crippen LogP contribution in [0, 0.1) is 16.7 Å². The van der Waals surface area contributed by atoms with Gasteiger partial charge in [0.1, 0.15) is 5.83 Å². The van der Waals surface area contributed by atoms with Crippen LogP contribution in [0.25, 0.3) is 16.8 Å². The second kappa shape index (κ2) is 8.35. The summed E-state index contributed by atoms with van der Waals surface area (Å²) in [6, 6.07) is 13.7. The van der Waals surface area contributed by atoms with Crippen molar-refractivity contribution in [3.8, 4) is 17.3 Å². The largest absolute Gasteiger partial charge is 0.252 e. The van der Waals surface area contributed by atoms with Crippen molar-refractivity contribution < 1.29 is 4.39 Å². The summed E-state index contributed by atoms with van der Waals surface area (Å²) in [7, 11) is 0. The van der Waals surface area contributed by atoms with E-state index in [1.54, 1.807) is 12.2 Å². The molecule has 142 valence electrons. The highest BCUT2D eigenvalue weighted by atomic mass is 19.1. The van der Waals surface area contributed by atoms with Crippen molar-refractivity contribution in [3.63, 3.8) is 0 Å². The van der Waals surface area contributed by atoms with Crippen LogP contribution in [0.2, 0.25) is 0 Å². The van der Waals surface area contributed by atoms with E-state index in [0.29, 0.717) is 5.56 Å². The summed E-state index contributed by atoms with van der Waals surface area (Å²) in [5.41, 5.74) is 5.12. The van der Waals surface area contributed by atoms with Gasteiger partial charge in [0.15, 0.2) is 0 Å². The highest BCUT2D eigenvalue weighted by molar-refractivity contribution is 5.70. The van der Waals surface area contributed by atoms with Gasteiger partial charge in [-0.1, -0.05) is 43.8 Å². The molecule has 1 atom stereocenters. The predicted molar refractivity (Wildman–Crippen MR) is 113 cm³/mol. The lowest BCUT2D eigenvalue weighted by Crippen LogP contribution is -2.15. The van der Waals surface area contributed by atoms with Crippen molar-refractivity contribution in [2.75, 3.05) is 0 Å². The molecule has 1 aliphatic rings. The second-order valence-corrected chi connectivity index (χ2v) is 7.77. The lowest BCUT2D eigenvalue weighted by molar-refractivity contribution is 0.368. The van der Waals surface area contributed by atoms with Crippen molar-refractivity contribution in [2.24, 2.45) is 5.41 Å². The highest BCUT2D eigenvalue weighted by Gasteiger charge is 2.23. The molecule has 0 aliphatic heterocycles. The molecule has 0 spiro atoms. The zero-order valence-electron chi connectivity index (χ0n) is 16.5. The molecular formula is C25H25FN2. The highest BCUT2D eigenvalue weighted by Crippen LogP contribution is 2.35. The molecular weight excluding hydrogens is 347 g/mol. The van der Waals surface area contributed by atoms with Gasteiger partial charge in [0.2, 0.25) is 0 Å². The Morgan fingerprint density at radius 2 is 2.07 bits per heavy atom. The number of aryl methyl sites for hydroxylation is 1. The molecule has 0 saturated heterocycles. The van der Waals surface area contributed by atoms with Crippen LogP contribution in [-0.4, -0.2) is 4.98 Å². The standard InChI is InChI=1S/C25H25FN2/c1-18(2)21-12-13-24(22-10-5-4-8-19(22)17-27)28-23(21)11-7-15-25(3)14-6-9-20(26)16-25/h4-6,8-10,12-13,16H,1,7,11,14-15H2,2-3H3. The zero-order valence-corrected chi connectivity index (χ0v) is 16.5. The van der Waals surface area contributed by atoms with E-state index in [-0.39, 0.29) is 11.2 Å². The Morgan fingerprint density at radius 3 is 2.79 bits per heavy atom. The number of allylic oxidation sites excluding steroid dienone is 5. The van der Waals surface area contributed by atoms with E-state index in [4.69, 9.17) is 4.98 Å². The lowest BCUT2D eigenvalue weighted by atomic mass is 9.79. The first-order valence-electron chi connectivity index (χ1n) is 9.62. The summed E-state index contributed by atoms with van der Waals surface area (Å²) in [6.45, 7) is 8.16. The SMILES string of the molecule is C=C(C)c1ccc(-c2ccccc2C#N)nc1CCCC1(C)C=C(F)C=CC1. The molecule has 28 heavy (non-hydrogen) atoms. The van der Waals surface area contributed by atoms with E-state index >= 15 is 0 Å². The average molecular weight is 372 g/mol. The van der Waals surface area contributed by atoms with Gasteiger partial charge in [-0.05, 0) is 73.4 Å². The normalized spacial score (nSPS) is 18.4. The van der Waals surface area contributed by atoms with E-state index in [0.717, 1.165) is 53.8 Å². The fraction of sp³-hybridized carbons (Fsp3) is 0.280. The molecule has 0 bridgehead atoms. The first-order chi connectivity index (χ1) is 13.4. The van der Waals surface area contributed by atoms with E-state index in [1.165, 1.54) is 0 Å². The van der Waals surface area contributed by atoms with Crippen molar-refractivity contribution in [1.82, 2.24) is 4.98 Å². The quantitative estimate of drug-likeness (QED) is 0.559. The van der Waals surface area contributed by atoms with Crippen LogP contribution in [0.5, 0.6) is 0 Å². The Bertz CT molecular complexity index is 994. The predicted octanol–water partition coefficient (Wildman–Crippen LogP) is 6.80. The number of benzene rings is 1. The monoisotopic (exact) mass is 372 g/mol. The maximum atomic E-state index is 13.6. The Hall–Kier alpha value is -2.99. The fourth-order valence-corrected chi connectivity index (χ4v) is 3.75. The number of pyridine rings is 1. The summed E-state index contributed by atoms with van der Waals surface area (Å²) in [5.74, 6) is -0.149. The summed E-state index contributed by atoms with van der Waals surface area (Å²) in [4.78, 5) is 4.88. The summed E-state index contributed by atoms with van der Waals surface area (Å²) >= 11 is 0. The van der Waals surface area contributed by atoms with Crippen LogP contribution < -0.4 is 0 Å². The molecule has 1 unspecified atom stereocenters. The number of nitriles is 1. The Morgan fingerprint density at radius 1 is 1.29 bits per heavy atom. The van der Waals surface area contributed by atoms with Crippen LogP contribution in [0.15, 0.2) is 67.0 Å². The molecule has 0 saturated carbocycles. The number of halogens is 1. The summed E-state index contributed by atoms with van der Waals surface area (Å²) in [6.07, 6.45) is 8.63. The third-order valence-electron chi connectivity index (χ3n) is 5.27. The van der Waals surface area contributed by atoms with E-state index in [1.807, 2.05) is 49.4 Å². The smallest absolute Gasteiger partial charge is 0.119 e. The summed E-state index contributed by atoms with van der Waals surface area (Å²) in [5, 5.41) is 9.39. The van der Waals surface area contributed by atoms with E-state index < -0.39 is 0 Å². The Kier molecular flexibility index (Phi) is 5.90. The molecule has 0 amide bonds. The van der Waals surface area contributed by atoms with Gasteiger partial charge in [-0.25, -0.2) is 4.39 Å². The van der Waals surface area contributed by atoms with Crippen LogP contribution in [-0.2, 0) is 6.42 Å². The van der Waals surface area contributed by atoms with Crippen molar-refractivity contribution in [2.45, 2.75) is 39.5 Å². The van der Waals surface area contributed by atoms with Crippen molar-refractivity contribution in [3.05, 3.63) is 83.9 Å². The molecule has 0 radical (unpaired) electrons. The minimum absolute atomic E-state index is 0.146. The molecule has 0 fully saturated rings. The molecule has 3 rings (SSSR count). The molecule has 1 aromatic carbocycles. The average Bonchev–Trinajstić information content (AvgIpc) is 2.67. The van der Waals surface area contributed by atoms with Crippen molar-refractivity contribution >= 4 is 5.57 Å². The molecule has 0 N–H and O–H groups in total. The number of rotatable bonds is 6. The van der Waals surface area contributed by atoms with Crippen LogP contribution in [0.4, 0.5) is 4.39 Å². The Labute approximate surface area is 166 Å². The number of aromatic nitrogens is 1. The first kappa shape index (κ1) is 19.8. The Balaban J connectivity index is 1.84. The molecule has 1 aliphatic carbocycles. The molecule has 1 aromatic heterocycles. The van der Waals surface area contributed by atoms with Gasteiger partial charge < -0.3 is 0 Å². The zero-order chi connectivity index (χ0) is 20.1. The molecule has 2 aromatic rings. The number of hydrogen-bond donors (Lipinski definition) is 0. The lowest BCUT2D eigenvalue weighted by Gasteiger charge is -2.27. The fourth-order valence-electron chi connectivity index (χ4n) is 3.75. The van der Waals surface area contributed by atoms with Gasteiger partial charge in [-0.15, -0.1) is 0 Å². The first-order valence-corrected chi connectivity index (χ1v) is 9.62. The third-order valence-corrected chi connectivity index (χ3v) is 5.27. The van der Waals surface area contributed by atoms with Crippen molar-refractivity contribution in [1.29, 1.82) is 5.26 Å². The molecule has 2 nitrogen and oxygen atoms in total. The second-order valence-electron chi connectivity index (χ2n) is 7.77. The summed E-state index contributed by atoms with van der Waals surface area (Å²) < 4.78 is 13.6. The topological polar surface area (TPSA) is 36.7 Å². The van der Waals surface area contributed by atoms with Gasteiger partial charge >= 0.3 is 0 Å². The van der Waals surface area contributed by atoms with Crippen LogP contribution in [0.1, 0.15) is 49.9 Å². The van der Waals surface area contributed by atoms with Gasteiger partial charge in [-0.3, -0.25) is 4.98 Å². The maximum Gasteiger partial charge on any atom is 0.119 e. The van der Waals surface area contributed by atoms with Crippen LogP contribution >= 0.6 is 0 Å². The maximum absolute atomic E-state index is 13.6. The number of nitrogens with zero attached hydrogens (tertiary/aromatic N) is 2. The van der Waals surface area contributed by atoms with Gasteiger partial charge in [0.25, 0.3) is 0 Å². The minimum atomic E-state index is -0.149.